The molecule has 2 aromatic rings. The van der Waals surface area contributed by atoms with Crippen LogP contribution >= 0.6 is 0 Å². The lowest BCUT2D eigenvalue weighted by Gasteiger charge is -2.13. The van der Waals surface area contributed by atoms with E-state index < -0.39 is 0 Å². The van der Waals surface area contributed by atoms with Crippen molar-refractivity contribution in [1.29, 1.82) is 0 Å². The molecule has 2 fully saturated rings. The van der Waals surface area contributed by atoms with Crippen molar-refractivity contribution in [2.75, 3.05) is 5.32 Å². The molecular weight excluding hydrogens is 236 g/mol. The van der Waals surface area contributed by atoms with Crippen molar-refractivity contribution in [2.45, 2.75) is 19.3 Å². The van der Waals surface area contributed by atoms with Crippen LogP contribution in [0, 0.1) is 17.8 Å². The topological polar surface area (TPSA) is 42.0 Å². The maximum atomic E-state index is 12.3. The Balaban J connectivity index is 1.59. The number of carbonyl (C=O) groups is 1. The van der Waals surface area contributed by atoms with E-state index in [1.54, 1.807) is 6.20 Å². The smallest absolute Gasteiger partial charge is 0.227 e. The first-order valence-corrected chi connectivity index (χ1v) is 6.96. The summed E-state index contributed by atoms with van der Waals surface area (Å²) in [5.74, 6) is 2.08. The molecule has 1 aromatic heterocycles. The highest BCUT2D eigenvalue weighted by Crippen LogP contribution is 2.54. The summed E-state index contributed by atoms with van der Waals surface area (Å²) in [6.45, 7) is 0. The van der Waals surface area contributed by atoms with Crippen LogP contribution in [0.3, 0.4) is 0 Å². The second-order valence-corrected chi connectivity index (χ2v) is 5.79. The predicted molar refractivity (Wildman–Crippen MR) is 74.7 cm³/mol. The number of pyridine rings is 1. The predicted octanol–water partition coefficient (Wildman–Crippen LogP) is 3.22. The van der Waals surface area contributed by atoms with Gasteiger partial charge in [-0.15, -0.1) is 0 Å². The largest absolute Gasteiger partial charge is 0.325 e. The van der Waals surface area contributed by atoms with Crippen molar-refractivity contribution in [3.63, 3.8) is 0 Å². The maximum Gasteiger partial charge on any atom is 0.227 e. The molecular formula is C16H16N2O. The molecule has 4 rings (SSSR count). The minimum absolute atomic E-state index is 0.184. The molecule has 0 spiro atoms. The van der Waals surface area contributed by atoms with Gasteiger partial charge in [-0.05, 0) is 55.4 Å². The monoisotopic (exact) mass is 252 g/mol. The summed E-state index contributed by atoms with van der Waals surface area (Å²) in [6.07, 6.45) is 5.29. The third-order valence-corrected chi connectivity index (χ3v) is 4.52. The minimum Gasteiger partial charge on any atom is -0.325 e. The molecule has 0 bridgehead atoms. The Morgan fingerprint density at radius 1 is 1.11 bits per heavy atom. The lowest BCUT2D eigenvalue weighted by molar-refractivity contribution is -0.119. The van der Waals surface area contributed by atoms with Crippen molar-refractivity contribution in [3.05, 3.63) is 36.5 Å². The van der Waals surface area contributed by atoms with Crippen molar-refractivity contribution in [3.8, 4) is 0 Å². The third-order valence-electron chi connectivity index (χ3n) is 4.52. The number of hydrogen-bond donors (Lipinski definition) is 1. The molecule has 19 heavy (non-hydrogen) atoms. The van der Waals surface area contributed by atoms with Crippen LogP contribution in [-0.2, 0) is 4.79 Å². The van der Waals surface area contributed by atoms with Crippen LogP contribution in [0.5, 0.6) is 0 Å². The molecule has 1 amide bonds. The average Bonchev–Trinajstić information content (AvgIpc) is 3.05. The number of nitrogens with zero attached hydrogens (tertiary/aromatic N) is 1. The van der Waals surface area contributed by atoms with E-state index in [4.69, 9.17) is 0 Å². The van der Waals surface area contributed by atoms with Gasteiger partial charge in [-0.2, -0.15) is 0 Å². The van der Waals surface area contributed by atoms with Gasteiger partial charge in [-0.1, -0.05) is 6.07 Å². The summed E-state index contributed by atoms with van der Waals surface area (Å²) in [6, 6.07) is 9.78. The van der Waals surface area contributed by atoms with Gasteiger partial charge in [-0.25, -0.2) is 0 Å². The zero-order chi connectivity index (χ0) is 12.8. The van der Waals surface area contributed by atoms with Gasteiger partial charge in [0.15, 0.2) is 0 Å². The first-order valence-electron chi connectivity index (χ1n) is 6.96. The number of hydrogen-bond acceptors (Lipinski definition) is 2. The fourth-order valence-electron chi connectivity index (χ4n) is 3.38. The van der Waals surface area contributed by atoms with Crippen LogP contribution in [0.2, 0.25) is 0 Å². The Morgan fingerprint density at radius 3 is 2.79 bits per heavy atom. The standard InChI is InChI=1S/C16H16N2O/c19-16(12-8-10-7-11(10)9-12)18-15-5-1-4-14-13(15)3-2-6-17-14/h1-6,10-12H,7-9H2,(H,18,19). The summed E-state index contributed by atoms with van der Waals surface area (Å²) in [4.78, 5) is 16.6. The van der Waals surface area contributed by atoms with Crippen LogP contribution in [-0.4, -0.2) is 10.9 Å². The number of benzene rings is 1. The van der Waals surface area contributed by atoms with E-state index in [1.165, 1.54) is 6.42 Å². The van der Waals surface area contributed by atoms with E-state index in [0.717, 1.165) is 41.3 Å². The first-order chi connectivity index (χ1) is 9.31. The molecule has 96 valence electrons. The average molecular weight is 252 g/mol. The lowest BCUT2D eigenvalue weighted by atomic mass is 10.0. The Hall–Kier alpha value is -1.90. The van der Waals surface area contributed by atoms with Gasteiger partial charge in [0.25, 0.3) is 0 Å². The number of fused-ring (bicyclic) bond motifs is 2. The zero-order valence-electron chi connectivity index (χ0n) is 10.7. The van der Waals surface area contributed by atoms with E-state index in [0.29, 0.717) is 0 Å². The fraction of sp³-hybridized carbons (Fsp3) is 0.375. The Labute approximate surface area is 112 Å². The van der Waals surface area contributed by atoms with E-state index >= 15 is 0 Å². The molecule has 2 saturated carbocycles. The number of nitrogens with one attached hydrogen (secondary N) is 1. The molecule has 0 saturated heterocycles. The highest BCUT2D eigenvalue weighted by molar-refractivity contribution is 6.01. The van der Waals surface area contributed by atoms with Crippen LogP contribution in [0.4, 0.5) is 5.69 Å². The van der Waals surface area contributed by atoms with Gasteiger partial charge in [0, 0.05) is 17.5 Å². The first kappa shape index (κ1) is 11.0. The summed E-state index contributed by atoms with van der Waals surface area (Å²) < 4.78 is 0. The van der Waals surface area contributed by atoms with Crippen LogP contribution in [0.25, 0.3) is 10.9 Å². The molecule has 2 aliphatic rings. The van der Waals surface area contributed by atoms with Crippen molar-refractivity contribution in [1.82, 2.24) is 4.98 Å². The highest BCUT2D eigenvalue weighted by atomic mass is 16.1. The summed E-state index contributed by atoms with van der Waals surface area (Å²) >= 11 is 0. The lowest BCUT2D eigenvalue weighted by Crippen LogP contribution is -2.21. The summed E-state index contributed by atoms with van der Waals surface area (Å²) in [5, 5.41) is 4.10. The van der Waals surface area contributed by atoms with Crippen molar-refractivity contribution < 1.29 is 4.79 Å². The highest BCUT2D eigenvalue weighted by Gasteiger charge is 2.47. The number of rotatable bonds is 2. The van der Waals surface area contributed by atoms with Gasteiger partial charge < -0.3 is 5.32 Å². The minimum atomic E-state index is 0.184. The number of amides is 1. The molecule has 3 nitrogen and oxygen atoms in total. The third kappa shape index (κ3) is 1.89. The normalized spacial score (nSPS) is 28.1. The number of aromatic nitrogens is 1. The Kier molecular flexibility index (Phi) is 2.34. The maximum absolute atomic E-state index is 12.3. The number of anilines is 1. The number of carbonyl (C=O) groups excluding carboxylic acids is 1. The van der Waals surface area contributed by atoms with Gasteiger partial charge in [0.2, 0.25) is 5.91 Å². The second kappa shape index (κ2) is 4.05. The molecule has 1 aromatic carbocycles. The van der Waals surface area contributed by atoms with E-state index in [9.17, 15) is 4.79 Å². The van der Waals surface area contributed by atoms with E-state index in [2.05, 4.69) is 10.3 Å². The van der Waals surface area contributed by atoms with Gasteiger partial charge in [0.1, 0.15) is 0 Å². The van der Waals surface area contributed by atoms with Crippen molar-refractivity contribution in [2.24, 2.45) is 17.8 Å². The fourth-order valence-corrected chi connectivity index (χ4v) is 3.38. The molecule has 0 aliphatic heterocycles. The zero-order valence-corrected chi connectivity index (χ0v) is 10.7. The van der Waals surface area contributed by atoms with Crippen LogP contribution in [0.15, 0.2) is 36.5 Å². The molecule has 1 heterocycles. The van der Waals surface area contributed by atoms with Gasteiger partial charge >= 0.3 is 0 Å². The van der Waals surface area contributed by atoms with Crippen LogP contribution < -0.4 is 5.32 Å². The van der Waals surface area contributed by atoms with Crippen LogP contribution in [0.1, 0.15) is 19.3 Å². The molecule has 2 atom stereocenters. The second-order valence-electron chi connectivity index (χ2n) is 5.79. The van der Waals surface area contributed by atoms with Gasteiger partial charge in [-0.3, -0.25) is 9.78 Å². The van der Waals surface area contributed by atoms with E-state index in [-0.39, 0.29) is 11.8 Å². The summed E-state index contributed by atoms with van der Waals surface area (Å²) in [5.41, 5.74) is 1.81. The SMILES string of the molecule is O=C(Nc1cccc2ncccc12)C1CC2CC2C1. The molecule has 2 aliphatic carbocycles. The van der Waals surface area contributed by atoms with E-state index in [1.807, 2.05) is 30.3 Å². The molecule has 0 radical (unpaired) electrons. The van der Waals surface area contributed by atoms with Gasteiger partial charge in [0.05, 0.1) is 11.2 Å². The Bertz CT molecular complexity index is 637. The quantitative estimate of drug-likeness (QED) is 0.891. The molecule has 3 heteroatoms. The Morgan fingerprint density at radius 2 is 1.95 bits per heavy atom. The molecule has 1 N–H and O–H groups in total. The van der Waals surface area contributed by atoms with Crippen molar-refractivity contribution >= 4 is 22.5 Å². The molecule has 2 unspecified atom stereocenters. The summed E-state index contributed by atoms with van der Waals surface area (Å²) in [7, 11) is 0.